The van der Waals surface area contributed by atoms with E-state index in [4.69, 9.17) is 44.3 Å². The highest BCUT2D eigenvalue weighted by Crippen LogP contribution is 2.26. The second-order valence-corrected chi connectivity index (χ2v) is 8.82. The normalized spacial score (nSPS) is 12.4. The molecule has 0 radical (unpaired) electrons. The Morgan fingerprint density at radius 3 is 2.25 bits per heavy atom. The van der Waals surface area contributed by atoms with E-state index in [9.17, 15) is 9.59 Å². The minimum atomic E-state index is -0.958. The molecular formula is C20H18BrCl3O4. The van der Waals surface area contributed by atoms with E-state index >= 15 is 0 Å². The number of carbonyl (C=O) groups excluding carboxylic acids is 2. The van der Waals surface area contributed by atoms with Crippen molar-refractivity contribution in [2.75, 3.05) is 6.61 Å². The topological polar surface area (TPSA) is 52.6 Å². The number of alkyl halides is 1. The van der Waals surface area contributed by atoms with Gasteiger partial charge in [-0.2, -0.15) is 0 Å². The summed E-state index contributed by atoms with van der Waals surface area (Å²) in [5.74, 6) is -0.264. The first kappa shape index (κ1) is 23.0. The van der Waals surface area contributed by atoms with E-state index in [0.29, 0.717) is 26.4 Å². The van der Waals surface area contributed by atoms with Crippen LogP contribution in [0.1, 0.15) is 19.4 Å². The average molecular weight is 509 g/mol. The third kappa shape index (κ3) is 6.66. The van der Waals surface area contributed by atoms with E-state index in [1.807, 2.05) is 0 Å². The quantitative estimate of drug-likeness (QED) is 0.318. The predicted molar refractivity (Wildman–Crippen MR) is 115 cm³/mol. The van der Waals surface area contributed by atoms with Gasteiger partial charge in [-0.05, 0) is 71.7 Å². The smallest absolute Gasteiger partial charge is 0.310 e. The molecule has 0 bridgehead atoms. The molecule has 2 aromatic carbocycles. The molecule has 2 rings (SSSR count). The van der Waals surface area contributed by atoms with Crippen LogP contribution in [0.2, 0.25) is 15.1 Å². The van der Waals surface area contributed by atoms with Crippen LogP contribution in [0, 0.1) is 5.41 Å². The van der Waals surface area contributed by atoms with Crippen molar-refractivity contribution >= 4 is 62.5 Å². The minimum absolute atomic E-state index is 0.0146. The number of hydrogen-bond donors (Lipinski definition) is 0. The number of Topliss-reactive ketones (excluding diaryl/α,β-unsaturated/α-hetero) is 1. The molecule has 0 aliphatic carbocycles. The Hall–Kier alpha value is -1.27. The Bertz CT molecular complexity index is 853. The summed E-state index contributed by atoms with van der Waals surface area (Å²) in [5, 5.41) is 0.542. The number of carbonyl (C=O) groups is 2. The van der Waals surface area contributed by atoms with Crippen LogP contribution in [0.25, 0.3) is 0 Å². The zero-order valence-corrected chi connectivity index (χ0v) is 19.0. The maximum absolute atomic E-state index is 12.7. The van der Waals surface area contributed by atoms with Gasteiger partial charge in [0.25, 0.3) is 0 Å². The summed E-state index contributed by atoms with van der Waals surface area (Å²) >= 11 is 21.0. The van der Waals surface area contributed by atoms with Crippen LogP contribution in [0.3, 0.4) is 0 Å². The van der Waals surface area contributed by atoms with Gasteiger partial charge >= 0.3 is 5.97 Å². The molecule has 0 saturated carbocycles. The van der Waals surface area contributed by atoms with Gasteiger partial charge in [-0.1, -0.05) is 40.9 Å². The zero-order chi connectivity index (χ0) is 20.9. The third-order valence-electron chi connectivity index (χ3n) is 3.87. The van der Waals surface area contributed by atoms with E-state index in [1.165, 1.54) is 0 Å². The molecule has 0 saturated heterocycles. The van der Waals surface area contributed by atoms with Crippen molar-refractivity contribution in [3.63, 3.8) is 0 Å². The van der Waals surface area contributed by atoms with E-state index in [0.717, 1.165) is 0 Å². The molecule has 0 heterocycles. The summed E-state index contributed by atoms with van der Waals surface area (Å²) in [6, 6.07) is 11.5. The van der Waals surface area contributed by atoms with Crippen LogP contribution in [-0.2, 0) is 20.7 Å². The van der Waals surface area contributed by atoms with Crippen LogP contribution in [-0.4, -0.2) is 23.4 Å². The molecule has 0 N–H and O–H groups in total. The Kier molecular flexibility index (Phi) is 8.19. The second-order valence-electron chi connectivity index (χ2n) is 6.71. The molecule has 0 aliphatic rings. The molecule has 1 atom stereocenters. The number of benzene rings is 2. The third-order valence-corrected chi connectivity index (χ3v) is 5.31. The molecule has 150 valence electrons. The summed E-state index contributed by atoms with van der Waals surface area (Å²) in [7, 11) is 0. The molecule has 2 aromatic rings. The molecule has 8 heteroatoms. The molecule has 0 aromatic heterocycles. The van der Waals surface area contributed by atoms with Gasteiger partial charge in [-0.25, -0.2) is 0 Å². The van der Waals surface area contributed by atoms with Crippen molar-refractivity contribution < 1.29 is 19.1 Å². The maximum atomic E-state index is 12.7. The fourth-order valence-corrected chi connectivity index (χ4v) is 3.63. The van der Waals surface area contributed by atoms with Crippen LogP contribution >= 0.6 is 50.7 Å². The Balaban J connectivity index is 1.91. The largest absolute Gasteiger partial charge is 0.471 e. The molecule has 1 unspecified atom stereocenters. The number of halogens is 4. The van der Waals surface area contributed by atoms with Crippen molar-refractivity contribution in [2.24, 2.45) is 5.41 Å². The molecular weight excluding hydrogens is 490 g/mol. The van der Waals surface area contributed by atoms with Gasteiger partial charge < -0.3 is 9.47 Å². The average Bonchev–Trinajstić information content (AvgIpc) is 2.63. The summed E-state index contributed by atoms with van der Waals surface area (Å²) in [6.45, 7) is 3.26. The first-order valence-electron chi connectivity index (χ1n) is 8.28. The highest BCUT2D eigenvalue weighted by molar-refractivity contribution is 9.09. The monoisotopic (exact) mass is 506 g/mol. The van der Waals surface area contributed by atoms with Crippen LogP contribution in [0.5, 0.6) is 5.75 Å². The van der Waals surface area contributed by atoms with Gasteiger partial charge in [0.05, 0.1) is 11.8 Å². The number of ether oxygens (including phenoxy) is 2. The molecule has 0 aliphatic heterocycles. The first-order valence-corrected chi connectivity index (χ1v) is 10.3. The lowest BCUT2D eigenvalue weighted by molar-refractivity contribution is -0.149. The van der Waals surface area contributed by atoms with Crippen molar-refractivity contribution in [1.29, 1.82) is 0 Å². The second kappa shape index (κ2) is 9.97. The van der Waals surface area contributed by atoms with Crippen LogP contribution in [0.4, 0.5) is 0 Å². The fraction of sp³-hybridized carbons (Fsp3) is 0.300. The Morgan fingerprint density at radius 2 is 1.64 bits per heavy atom. The van der Waals surface area contributed by atoms with Gasteiger partial charge in [-0.15, -0.1) is 0 Å². The van der Waals surface area contributed by atoms with E-state index in [-0.39, 0.29) is 18.8 Å². The molecule has 0 amide bonds. The number of hydrogen-bond acceptors (Lipinski definition) is 4. The fourth-order valence-electron chi connectivity index (χ4n) is 2.20. The summed E-state index contributed by atoms with van der Waals surface area (Å²) in [5.41, 5.74) is -0.357. The van der Waals surface area contributed by atoms with E-state index < -0.39 is 16.4 Å². The lowest BCUT2D eigenvalue weighted by Crippen LogP contribution is -2.38. The van der Waals surface area contributed by atoms with Gasteiger partial charge in [0.1, 0.15) is 12.4 Å². The van der Waals surface area contributed by atoms with Gasteiger partial charge in [0, 0.05) is 15.1 Å². The summed E-state index contributed by atoms with van der Waals surface area (Å²) < 4.78 is 10.9. The summed E-state index contributed by atoms with van der Waals surface area (Å²) in [4.78, 5) is 24.8. The highest BCUT2D eigenvalue weighted by Gasteiger charge is 2.35. The van der Waals surface area contributed by atoms with Gasteiger partial charge in [-0.3, -0.25) is 9.59 Å². The SMILES string of the molecule is CC(C)(COC(=O)Cc1ccc(Cl)cc1Cl)C(=O)C(Br)Oc1ccc(Cl)cc1. The van der Waals surface area contributed by atoms with Crippen molar-refractivity contribution in [3.8, 4) is 5.75 Å². The van der Waals surface area contributed by atoms with E-state index in [1.54, 1.807) is 56.3 Å². The number of esters is 1. The number of rotatable bonds is 8. The lowest BCUT2D eigenvalue weighted by Gasteiger charge is -2.25. The Labute approximate surface area is 187 Å². The molecule has 0 spiro atoms. The first-order chi connectivity index (χ1) is 13.1. The van der Waals surface area contributed by atoms with Crippen molar-refractivity contribution in [2.45, 2.75) is 25.3 Å². The van der Waals surface area contributed by atoms with E-state index in [2.05, 4.69) is 15.9 Å². The molecule has 4 nitrogen and oxygen atoms in total. The van der Waals surface area contributed by atoms with Gasteiger partial charge in [0.15, 0.2) is 5.78 Å². The summed E-state index contributed by atoms with van der Waals surface area (Å²) in [6.07, 6.45) is -0.0146. The van der Waals surface area contributed by atoms with Gasteiger partial charge in [0.2, 0.25) is 5.01 Å². The van der Waals surface area contributed by atoms with Crippen molar-refractivity contribution in [3.05, 3.63) is 63.1 Å². The Morgan fingerprint density at radius 1 is 1.04 bits per heavy atom. The predicted octanol–water partition coefficient (Wildman–Crippen LogP) is 6.13. The lowest BCUT2D eigenvalue weighted by atomic mass is 9.89. The maximum Gasteiger partial charge on any atom is 0.310 e. The minimum Gasteiger partial charge on any atom is -0.471 e. The standard InChI is InChI=1S/C20H18BrCl3O4/c1-20(2,18(26)19(21)28-15-7-5-13(22)6-8-15)11-27-17(25)9-12-3-4-14(23)10-16(12)24/h3-8,10,19H,9,11H2,1-2H3. The molecule has 0 fully saturated rings. The zero-order valence-electron chi connectivity index (χ0n) is 15.2. The molecule has 28 heavy (non-hydrogen) atoms. The highest BCUT2D eigenvalue weighted by atomic mass is 79.9. The van der Waals surface area contributed by atoms with Crippen LogP contribution < -0.4 is 4.74 Å². The van der Waals surface area contributed by atoms with Crippen molar-refractivity contribution in [1.82, 2.24) is 0 Å². The number of ketones is 1. The van der Waals surface area contributed by atoms with Crippen LogP contribution in [0.15, 0.2) is 42.5 Å².